The minimum absolute atomic E-state index is 0.0527. The van der Waals surface area contributed by atoms with E-state index in [-0.39, 0.29) is 17.1 Å². The molecule has 2 rings (SSSR count). The number of aryl methyl sites for hydroxylation is 1. The van der Waals surface area contributed by atoms with Crippen molar-refractivity contribution >= 4 is 12.6 Å². The number of carbonyl (C=O) groups excluding carboxylic acids is 2. The van der Waals surface area contributed by atoms with E-state index in [4.69, 9.17) is 10.2 Å². The minimum atomic E-state index is -0.199. The molecule has 0 saturated heterocycles. The zero-order valence-corrected chi connectivity index (χ0v) is 10.4. The van der Waals surface area contributed by atoms with Gasteiger partial charge >= 0.3 is 0 Å². The van der Waals surface area contributed by atoms with Gasteiger partial charge in [-0.15, -0.1) is 0 Å². The van der Waals surface area contributed by atoms with Crippen LogP contribution < -0.4 is 0 Å². The highest BCUT2D eigenvalue weighted by atomic mass is 16.3. The number of hydrogen-bond donors (Lipinski definition) is 2. The first-order chi connectivity index (χ1) is 9.08. The molecule has 98 valence electrons. The average Bonchev–Trinajstić information content (AvgIpc) is 2.40. The zero-order valence-electron chi connectivity index (χ0n) is 10.4. The van der Waals surface area contributed by atoms with Crippen LogP contribution in [0.5, 0.6) is 11.5 Å². The first-order valence-electron chi connectivity index (χ1n) is 5.56. The molecule has 0 atom stereocenters. The monoisotopic (exact) mass is 258 g/mol. The first kappa shape index (κ1) is 14.4. The summed E-state index contributed by atoms with van der Waals surface area (Å²) >= 11 is 0. The van der Waals surface area contributed by atoms with Crippen molar-refractivity contribution in [2.45, 2.75) is 6.92 Å². The Morgan fingerprint density at radius 2 is 1.53 bits per heavy atom. The highest BCUT2D eigenvalue weighted by Crippen LogP contribution is 2.20. The number of aromatic hydroxyl groups is 2. The van der Waals surface area contributed by atoms with Gasteiger partial charge in [-0.25, -0.2) is 0 Å². The van der Waals surface area contributed by atoms with Crippen LogP contribution in [0.1, 0.15) is 26.3 Å². The summed E-state index contributed by atoms with van der Waals surface area (Å²) in [7, 11) is 0. The topological polar surface area (TPSA) is 74.6 Å². The summed E-state index contributed by atoms with van der Waals surface area (Å²) in [6.45, 7) is 1.92. The van der Waals surface area contributed by atoms with Gasteiger partial charge < -0.3 is 10.2 Å². The fourth-order valence-electron chi connectivity index (χ4n) is 1.35. The van der Waals surface area contributed by atoms with Crippen LogP contribution in [0.25, 0.3) is 0 Å². The molecular formula is C15H14O4. The maximum Gasteiger partial charge on any atom is 0.153 e. The molecule has 0 spiro atoms. The van der Waals surface area contributed by atoms with Crippen LogP contribution in [0.2, 0.25) is 0 Å². The van der Waals surface area contributed by atoms with Crippen LogP contribution >= 0.6 is 0 Å². The summed E-state index contributed by atoms with van der Waals surface area (Å²) in [5.41, 5.74) is 1.99. The second-order valence-electron chi connectivity index (χ2n) is 3.84. The van der Waals surface area contributed by atoms with Gasteiger partial charge in [-0.1, -0.05) is 24.3 Å². The molecule has 4 heteroatoms. The minimum Gasteiger partial charge on any atom is -0.508 e. The van der Waals surface area contributed by atoms with Crippen molar-refractivity contribution in [1.29, 1.82) is 0 Å². The lowest BCUT2D eigenvalue weighted by molar-refractivity contribution is 0.111. The van der Waals surface area contributed by atoms with Crippen molar-refractivity contribution in [2.24, 2.45) is 0 Å². The third-order valence-corrected chi connectivity index (χ3v) is 2.46. The molecule has 2 aromatic carbocycles. The predicted octanol–water partition coefficient (Wildman–Crippen LogP) is 2.72. The summed E-state index contributed by atoms with van der Waals surface area (Å²) in [5, 5.41) is 17.7. The van der Waals surface area contributed by atoms with Gasteiger partial charge in [-0.2, -0.15) is 0 Å². The largest absolute Gasteiger partial charge is 0.508 e. The zero-order chi connectivity index (χ0) is 14.3. The molecule has 0 aliphatic heterocycles. The number of phenols is 2. The molecule has 0 fully saturated rings. The van der Waals surface area contributed by atoms with Crippen molar-refractivity contribution in [3.05, 3.63) is 59.2 Å². The smallest absolute Gasteiger partial charge is 0.153 e. The lowest BCUT2D eigenvalue weighted by Crippen LogP contribution is -1.82. The SMILES string of the molecule is Cc1ccccc1C=O.O=Cc1ccc(O)cc1O. The van der Waals surface area contributed by atoms with Gasteiger partial charge in [0.25, 0.3) is 0 Å². The normalized spacial score (nSPS) is 9.11. The Bertz CT molecular complexity index is 576. The van der Waals surface area contributed by atoms with Crippen LogP contribution in [-0.2, 0) is 0 Å². The Labute approximate surface area is 111 Å². The summed E-state index contributed by atoms with van der Waals surface area (Å²) < 4.78 is 0. The molecule has 0 aliphatic rings. The first-order valence-corrected chi connectivity index (χ1v) is 5.56. The van der Waals surface area contributed by atoms with Crippen LogP contribution in [0.15, 0.2) is 42.5 Å². The second kappa shape index (κ2) is 6.96. The van der Waals surface area contributed by atoms with Crippen molar-refractivity contribution < 1.29 is 19.8 Å². The summed E-state index contributed by atoms with van der Waals surface area (Å²) in [4.78, 5) is 20.3. The van der Waals surface area contributed by atoms with Crippen LogP contribution in [0, 0.1) is 6.92 Å². The number of carbonyl (C=O) groups is 2. The molecule has 19 heavy (non-hydrogen) atoms. The van der Waals surface area contributed by atoms with E-state index in [9.17, 15) is 9.59 Å². The number of rotatable bonds is 2. The van der Waals surface area contributed by atoms with E-state index in [1.807, 2.05) is 31.2 Å². The van der Waals surface area contributed by atoms with Crippen molar-refractivity contribution in [1.82, 2.24) is 0 Å². The predicted molar refractivity (Wildman–Crippen MR) is 71.7 cm³/mol. The van der Waals surface area contributed by atoms with Gasteiger partial charge in [-0.05, 0) is 24.6 Å². The third kappa shape index (κ3) is 4.27. The molecule has 0 aromatic heterocycles. The highest BCUT2D eigenvalue weighted by Gasteiger charge is 1.98. The van der Waals surface area contributed by atoms with E-state index in [0.29, 0.717) is 6.29 Å². The molecule has 0 heterocycles. The number of benzene rings is 2. The molecular weight excluding hydrogens is 244 g/mol. The maximum atomic E-state index is 10.2. The van der Waals surface area contributed by atoms with Gasteiger partial charge in [0.05, 0.1) is 5.56 Å². The Balaban J connectivity index is 0.000000191. The molecule has 0 unspecified atom stereocenters. The lowest BCUT2D eigenvalue weighted by Gasteiger charge is -1.95. The number of aldehydes is 2. The summed E-state index contributed by atoms with van der Waals surface area (Å²) in [6.07, 6.45) is 1.39. The Morgan fingerprint density at radius 3 is 2.00 bits per heavy atom. The van der Waals surface area contributed by atoms with Crippen molar-refractivity contribution in [2.75, 3.05) is 0 Å². The molecule has 0 radical (unpaired) electrons. The lowest BCUT2D eigenvalue weighted by atomic mass is 10.1. The molecule has 0 saturated carbocycles. The second-order valence-corrected chi connectivity index (χ2v) is 3.84. The fourth-order valence-corrected chi connectivity index (χ4v) is 1.35. The number of phenolic OH excluding ortho intramolecular Hbond substituents is 2. The quantitative estimate of drug-likeness (QED) is 0.812. The molecule has 2 aromatic rings. The van der Waals surface area contributed by atoms with Gasteiger partial charge in [0.1, 0.15) is 17.8 Å². The summed E-state index contributed by atoms with van der Waals surface area (Å²) in [6, 6.07) is 11.3. The molecule has 0 aliphatic carbocycles. The van der Waals surface area contributed by atoms with E-state index in [0.717, 1.165) is 23.5 Å². The summed E-state index contributed by atoms with van der Waals surface area (Å²) in [5.74, 6) is -0.252. The standard InChI is InChI=1S/C8H8O.C7H6O3/c1-7-4-2-3-5-8(7)6-9;8-4-5-1-2-6(9)3-7(5)10/h2-6H,1H3;1-4,9-10H. The van der Waals surface area contributed by atoms with Crippen LogP contribution in [0.3, 0.4) is 0 Å². The maximum absolute atomic E-state index is 10.2. The van der Waals surface area contributed by atoms with E-state index >= 15 is 0 Å². The van der Waals surface area contributed by atoms with Gasteiger partial charge in [0.15, 0.2) is 6.29 Å². The third-order valence-electron chi connectivity index (χ3n) is 2.46. The number of hydrogen-bond acceptors (Lipinski definition) is 4. The Kier molecular flexibility index (Phi) is 5.29. The molecule has 2 N–H and O–H groups in total. The van der Waals surface area contributed by atoms with Crippen LogP contribution in [0.4, 0.5) is 0 Å². The van der Waals surface area contributed by atoms with Crippen molar-refractivity contribution in [3.8, 4) is 11.5 Å². The van der Waals surface area contributed by atoms with Gasteiger partial charge in [0.2, 0.25) is 0 Å². The Morgan fingerprint density at radius 1 is 0.895 bits per heavy atom. The highest BCUT2D eigenvalue weighted by molar-refractivity contribution is 5.79. The molecule has 0 amide bonds. The van der Waals surface area contributed by atoms with E-state index in [1.54, 1.807) is 0 Å². The molecule has 4 nitrogen and oxygen atoms in total. The van der Waals surface area contributed by atoms with E-state index in [1.165, 1.54) is 12.1 Å². The van der Waals surface area contributed by atoms with E-state index < -0.39 is 0 Å². The van der Waals surface area contributed by atoms with E-state index in [2.05, 4.69) is 0 Å². The van der Waals surface area contributed by atoms with Crippen LogP contribution in [-0.4, -0.2) is 22.8 Å². The van der Waals surface area contributed by atoms with Gasteiger partial charge in [0, 0.05) is 11.6 Å². The molecule has 0 bridgehead atoms. The van der Waals surface area contributed by atoms with Crippen molar-refractivity contribution in [3.63, 3.8) is 0 Å². The fraction of sp³-hybridized carbons (Fsp3) is 0.0667. The average molecular weight is 258 g/mol. The Hall–Kier alpha value is -2.62. The van der Waals surface area contributed by atoms with Gasteiger partial charge in [-0.3, -0.25) is 9.59 Å².